The van der Waals surface area contributed by atoms with Gasteiger partial charge in [0.05, 0.1) is 5.52 Å². The van der Waals surface area contributed by atoms with E-state index in [4.69, 9.17) is 0 Å². The van der Waals surface area contributed by atoms with Crippen molar-refractivity contribution in [2.75, 3.05) is 5.33 Å². The van der Waals surface area contributed by atoms with Crippen LogP contribution in [0.25, 0.3) is 10.9 Å². The van der Waals surface area contributed by atoms with E-state index in [-0.39, 0.29) is 0 Å². The van der Waals surface area contributed by atoms with E-state index in [2.05, 4.69) is 52.1 Å². The Hall–Kier alpha value is -0.830. The van der Waals surface area contributed by atoms with Gasteiger partial charge in [0.1, 0.15) is 0 Å². The fraction of sp³-hybridized carbons (Fsp3) is 0.417. The average Bonchev–Trinajstić information content (AvgIpc) is 2.61. The number of aromatic amines is 1. The number of hydrogen-bond acceptors (Lipinski definition) is 1. The molecule has 0 atom stereocenters. The Morgan fingerprint density at radius 1 is 1.40 bits per heavy atom. The van der Waals surface area contributed by atoms with Crippen LogP contribution in [0.1, 0.15) is 23.7 Å². The van der Waals surface area contributed by atoms with E-state index in [1.165, 1.54) is 22.2 Å². The Balaban J connectivity index is 2.58. The number of hydrogen-bond donors (Lipinski definition) is 1. The summed E-state index contributed by atoms with van der Waals surface area (Å²) in [5, 5.41) is 9.77. The van der Waals surface area contributed by atoms with Gasteiger partial charge in [0.15, 0.2) is 0 Å². The molecule has 0 amide bonds. The first-order valence-electron chi connectivity index (χ1n) is 5.28. The van der Waals surface area contributed by atoms with E-state index in [0.717, 1.165) is 23.7 Å². The normalized spacial score (nSPS) is 11.1. The molecule has 1 heterocycles. The van der Waals surface area contributed by atoms with Gasteiger partial charge < -0.3 is 0 Å². The van der Waals surface area contributed by atoms with E-state index in [9.17, 15) is 0 Å². The summed E-state index contributed by atoms with van der Waals surface area (Å²) in [6.07, 6.45) is 2.07. The number of rotatable bonds is 3. The van der Waals surface area contributed by atoms with Crippen LogP contribution >= 0.6 is 15.9 Å². The first-order valence-corrected chi connectivity index (χ1v) is 6.40. The van der Waals surface area contributed by atoms with Gasteiger partial charge in [0.25, 0.3) is 0 Å². The minimum absolute atomic E-state index is 1.00. The molecule has 2 rings (SSSR count). The van der Waals surface area contributed by atoms with Crippen LogP contribution in [-0.4, -0.2) is 15.5 Å². The molecule has 0 bridgehead atoms. The fourth-order valence-corrected chi connectivity index (χ4v) is 2.47. The molecule has 2 aromatic rings. The van der Waals surface area contributed by atoms with Crippen LogP contribution in [0.15, 0.2) is 12.1 Å². The Morgan fingerprint density at radius 2 is 2.20 bits per heavy atom. The third-order valence-electron chi connectivity index (χ3n) is 2.72. The number of halogens is 1. The van der Waals surface area contributed by atoms with Crippen molar-refractivity contribution in [2.24, 2.45) is 0 Å². The molecular formula is C12H15BrN2. The first-order chi connectivity index (χ1) is 7.26. The van der Waals surface area contributed by atoms with E-state index >= 15 is 0 Å². The minimum atomic E-state index is 1.00. The van der Waals surface area contributed by atoms with Gasteiger partial charge in [-0.1, -0.05) is 28.9 Å². The van der Waals surface area contributed by atoms with Gasteiger partial charge in [-0.25, -0.2) is 0 Å². The molecular weight excluding hydrogens is 252 g/mol. The standard InChI is InChI=1S/C12H15BrN2/c1-3-10-12-8(2)6-9(4-5-13)7-11(12)15-14-10/h6-7H,3-5H2,1-2H3,(H,14,15). The van der Waals surface area contributed by atoms with Gasteiger partial charge >= 0.3 is 0 Å². The van der Waals surface area contributed by atoms with Gasteiger partial charge in [0.2, 0.25) is 0 Å². The smallest absolute Gasteiger partial charge is 0.0929 e. The average molecular weight is 267 g/mol. The summed E-state index contributed by atoms with van der Waals surface area (Å²) in [6.45, 7) is 4.31. The zero-order valence-corrected chi connectivity index (χ0v) is 10.7. The quantitative estimate of drug-likeness (QED) is 0.848. The molecule has 0 unspecified atom stereocenters. The van der Waals surface area contributed by atoms with Crippen LogP contribution in [0.5, 0.6) is 0 Å². The lowest BCUT2D eigenvalue weighted by Crippen LogP contribution is -1.89. The monoisotopic (exact) mass is 266 g/mol. The van der Waals surface area contributed by atoms with Crippen molar-refractivity contribution in [1.29, 1.82) is 0 Å². The number of H-pyrrole nitrogens is 1. The number of aryl methyl sites for hydroxylation is 3. The van der Waals surface area contributed by atoms with E-state index in [0.29, 0.717) is 0 Å². The summed E-state index contributed by atoms with van der Waals surface area (Å²) in [6, 6.07) is 4.44. The molecule has 0 spiro atoms. The van der Waals surface area contributed by atoms with Gasteiger partial charge in [-0.15, -0.1) is 0 Å². The maximum Gasteiger partial charge on any atom is 0.0929 e. The second-order valence-electron chi connectivity index (χ2n) is 3.80. The highest BCUT2D eigenvalue weighted by molar-refractivity contribution is 9.09. The van der Waals surface area contributed by atoms with Crippen molar-refractivity contribution in [3.8, 4) is 0 Å². The van der Waals surface area contributed by atoms with E-state index in [1.54, 1.807) is 0 Å². The number of alkyl halides is 1. The molecule has 0 radical (unpaired) electrons. The SMILES string of the molecule is CCc1[nH]nc2cc(CCBr)cc(C)c12. The molecule has 0 saturated carbocycles. The van der Waals surface area contributed by atoms with Crippen molar-refractivity contribution in [3.63, 3.8) is 0 Å². The molecule has 2 nitrogen and oxygen atoms in total. The topological polar surface area (TPSA) is 28.7 Å². The zero-order valence-electron chi connectivity index (χ0n) is 9.10. The lowest BCUT2D eigenvalue weighted by atomic mass is 10.0. The summed E-state index contributed by atoms with van der Waals surface area (Å²) in [5.74, 6) is 0. The summed E-state index contributed by atoms with van der Waals surface area (Å²) in [4.78, 5) is 0. The van der Waals surface area contributed by atoms with Gasteiger partial charge in [-0.2, -0.15) is 5.10 Å². The van der Waals surface area contributed by atoms with Crippen LogP contribution in [0.3, 0.4) is 0 Å². The molecule has 0 fully saturated rings. The fourth-order valence-electron chi connectivity index (χ4n) is 2.02. The lowest BCUT2D eigenvalue weighted by Gasteiger charge is -2.02. The first kappa shape index (κ1) is 10.7. The highest BCUT2D eigenvalue weighted by atomic mass is 79.9. The summed E-state index contributed by atoms with van der Waals surface area (Å²) < 4.78 is 0. The molecule has 80 valence electrons. The molecule has 15 heavy (non-hydrogen) atoms. The van der Waals surface area contributed by atoms with Crippen molar-refractivity contribution < 1.29 is 0 Å². The van der Waals surface area contributed by atoms with Crippen molar-refractivity contribution >= 4 is 26.8 Å². The third-order valence-corrected chi connectivity index (χ3v) is 3.12. The van der Waals surface area contributed by atoms with Crippen LogP contribution < -0.4 is 0 Å². The molecule has 0 saturated heterocycles. The second kappa shape index (κ2) is 4.35. The van der Waals surface area contributed by atoms with Crippen molar-refractivity contribution in [3.05, 3.63) is 29.0 Å². The summed E-state index contributed by atoms with van der Waals surface area (Å²) in [7, 11) is 0. The van der Waals surface area contributed by atoms with Gasteiger partial charge in [-0.05, 0) is 37.0 Å². The molecule has 3 heteroatoms. The highest BCUT2D eigenvalue weighted by Crippen LogP contribution is 2.23. The van der Waals surface area contributed by atoms with Gasteiger partial charge in [-0.3, -0.25) is 5.10 Å². The van der Waals surface area contributed by atoms with E-state index in [1.807, 2.05) is 0 Å². The number of nitrogens with one attached hydrogen (secondary N) is 1. The highest BCUT2D eigenvalue weighted by Gasteiger charge is 2.07. The number of benzene rings is 1. The zero-order chi connectivity index (χ0) is 10.8. The predicted octanol–water partition coefficient (Wildman–Crippen LogP) is 3.37. The predicted molar refractivity (Wildman–Crippen MR) is 67.7 cm³/mol. The molecule has 0 aliphatic rings. The lowest BCUT2D eigenvalue weighted by molar-refractivity contribution is 0.987. The number of aromatic nitrogens is 2. The van der Waals surface area contributed by atoms with Crippen LogP contribution in [0, 0.1) is 6.92 Å². The maximum absolute atomic E-state index is 4.35. The van der Waals surface area contributed by atoms with Crippen molar-refractivity contribution in [2.45, 2.75) is 26.7 Å². The second-order valence-corrected chi connectivity index (χ2v) is 4.59. The molecule has 1 aromatic carbocycles. The number of nitrogens with zero attached hydrogens (tertiary/aromatic N) is 1. The largest absolute Gasteiger partial charge is 0.281 e. The summed E-state index contributed by atoms with van der Waals surface area (Å²) in [5.41, 5.74) is 5.02. The Labute approximate surface area is 98.2 Å². The van der Waals surface area contributed by atoms with E-state index < -0.39 is 0 Å². The molecule has 0 aliphatic heterocycles. The molecule has 1 aromatic heterocycles. The molecule has 1 N–H and O–H groups in total. The van der Waals surface area contributed by atoms with Crippen molar-refractivity contribution in [1.82, 2.24) is 10.2 Å². The molecule has 0 aliphatic carbocycles. The van der Waals surface area contributed by atoms with Crippen LogP contribution in [0.4, 0.5) is 0 Å². The van der Waals surface area contributed by atoms with Crippen LogP contribution in [-0.2, 0) is 12.8 Å². The summed E-state index contributed by atoms with van der Waals surface area (Å²) >= 11 is 3.47. The Morgan fingerprint density at radius 3 is 2.87 bits per heavy atom. The Bertz CT molecular complexity index is 474. The number of fused-ring (bicyclic) bond motifs is 1. The minimum Gasteiger partial charge on any atom is -0.281 e. The van der Waals surface area contributed by atoms with Crippen LogP contribution in [0.2, 0.25) is 0 Å². The third kappa shape index (κ3) is 1.93. The Kier molecular flexibility index (Phi) is 3.10. The van der Waals surface area contributed by atoms with Gasteiger partial charge in [0, 0.05) is 16.4 Å². The maximum atomic E-state index is 4.35.